The predicted octanol–water partition coefficient (Wildman–Crippen LogP) is 5.36. The third kappa shape index (κ3) is 3.62. The lowest BCUT2D eigenvalue weighted by molar-refractivity contribution is 0.0954. The summed E-state index contributed by atoms with van der Waals surface area (Å²) >= 11 is 6.10. The van der Waals surface area contributed by atoms with Gasteiger partial charge in [-0.15, -0.1) is 0 Å². The van der Waals surface area contributed by atoms with Gasteiger partial charge in [0.25, 0.3) is 5.91 Å². The van der Waals surface area contributed by atoms with Gasteiger partial charge >= 0.3 is 0 Å². The van der Waals surface area contributed by atoms with Gasteiger partial charge in [0, 0.05) is 34.2 Å². The smallest absolute Gasteiger partial charge is 0.255 e. The van der Waals surface area contributed by atoms with Crippen molar-refractivity contribution in [3.05, 3.63) is 82.7 Å². The van der Waals surface area contributed by atoms with Crippen LogP contribution in [0.3, 0.4) is 0 Å². The molecule has 4 rings (SSSR count). The monoisotopic (exact) mass is 378 g/mol. The Morgan fingerprint density at radius 2 is 1.96 bits per heavy atom. The summed E-state index contributed by atoms with van der Waals surface area (Å²) in [6.07, 6.45) is 2.67. The van der Waals surface area contributed by atoms with Crippen LogP contribution in [-0.2, 0) is 6.42 Å². The molecule has 2 aromatic heterocycles. The van der Waals surface area contributed by atoms with Crippen molar-refractivity contribution >= 4 is 28.4 Å². The summed E-state index contributed by atoms with van der Waals surface area (Å²) in [6, 6.07) is 17.2. The lowest BCUT2D eigenvalue weighted by Gasteiger charge is -2.06. The number of carbonyl (C=O) groups is 1. The summed E-state index contributed by atoms with van der Waals surface area (Å²) in [4.78, 5) is 15.9. The minimum atomic E-state index is -0.136. The lowest BCUT2D eigenvalue weighted by atomic mass is 10.1. The van der Waals surface area contributed by atoms with Crippen LogP contribution in [-0.4, -0.2) is 17.4 Å². The zero-order chi connectivity index (χ0) is 18.8. The highest BCUT2D eigenvalue weighted by atomic mass is 35.5. The lowest BCUT2D eigenvalue weighted by Crippen LogP contribution is -2.25. The number of hydrogen-bond acceptors (Lipinski definition) is 2. The first-order valence-corrected chi connectivity index (χ1v) is 9.19. The first-order chi connectivity index (χ1) is 13.1. The molecule has 0 atom stereocenters. The Hall–Kier alpha value is -2.98. The van der Waals surface area contributed by atoms with E-state index in [2.05, 4.69) is 10.3 Å². The molecule has 0 saturated heterocycles. The van der Waals surface area contributed by atoms with Gasteiger partial charge in [-0.25, -0.2) is 0 Å². The van der Waals surface area contributed by atoms with E-state index < -0.39 is 0 Å². The number of nitrogens with one attached hydrogen (secondary N) is 2. The highest BCUT2D eigenvalue weighted by molar-refractivity contribution is 6.31. The Balaban J connectivity index is 1.48. The molecule has 5 heteroatoms. The number of rotatable bonds is 5. The molecule has 0 fully saturated rings. The molecule has 2 N–H and O–H groups in total. The zero-order valence-electron chi connectivity index (χ0n) is 14.9. The first-order valence-electron chi connectivity index (χ1n) is 8.81. The van der Waals surface area contributed by atoms with Crippen molar-refractivity contribution in [1.82, 2.24) is 10.3 Å². The number of aromatic nitrogens is 1. The van der Waals surface area contributed by atoms with Crippen molar-refractivity contribution in [2.45, 2.75) is 13.3 Å². The zero-order valence-corrected chi connectivity index (χ0v) is 15.6. The molecule has 1 amide bonds. The van der Waals surface area contributed by atoms with E-state index in [0.717, 1.165) is 22.0 Å². The Bertz CT molecular complexity index is 1100. The average molecular weight is 379 g/mol. The molecule has 0 bridgehead atoms. The first kappa shape index (κ1) is 17.4. The highest BCUT2D eigenvalue weighted by Gasteiger charge is 2.17. The number of benzene rings is 2. The average Bonchev–Trinajstić information content (AvgIpc) is 3.26. The molecule has 0 saturated carbocycles. The molecule has 0 aliphatic carbocycles. The minimum Gasteiger partial charge on any atom is -0.461 e. The Kier molecular flexibility index (Phi) is 4.73. The fourth-order valence-electron chi connectivity index (χ4n) is 3.25. The molecule has 0 aliphatic heterocycles. The van der Waals surface area contributed by atoms with Gasteiger partial charge in [-0.1, -0.05) is 41.9 Å². The van der Waals surface area contributed by atoms with E-state index in [1.807, 2.05) is 61.7 Å². The Morgan fingerprint density at radius 3 is 2.78 bits per heavy atom. The van der Waals surface area contributed by atoms with Crippen LogP contribution in [0.15, 0.2) is 65.2 Å². The van der Waals surface area contributed by atoms with Crippen LogP contribution in [0.2, 0.25) is 5.02 Å². The van der Waals surface area contributed by atoms with Crippen molar-refractivity contribution < 1.29 is 9.21 Å². The van der Waals surface area contributed by atoms with Crippen LogP contribution in [0, 0.1) is 6.92 Å². The molecule has 4 aromatic rings. The predicted molar refractivity (Wildman–Crippen MR) is 108 cm³/mol. The van der Waals surface area contributed by atoms with E-state index in [1.54, 1.807) is 6.07 Å². The maximum atomic E-state index is 12.7. The van der Waals surface area contributed by atoms with Crippen LogP contribution in [0.4, 0.5) is 0 Å². The number of aryl methyl sites for hydroxylation is 1. The quantitative estimate of drug-likeness (QED) is 0.491. The third-order valence-electron chi connectivity index (χ3n) is 4.55. The van der Waals surface area contributed by atoms with Gasteiger partial charge in [0.1, 0.15) is 11.5 Å². The van der Waals surface area contributed by atoms with Gasteiger partial charge in [-0.3, -0.25) is 4.79 Å². The normalized spacial score (nSPS) is 11.0. The van der Waals surface area contributed by atoms with Crippen LogP contribution < -0.4 is 5.32 Å². The second kappa shape index (κ2) is 7.33. The SMILES string of the molecule is Cc1cc(C(=O)NCCc2c[nH]c3ccc(Cl)cc23)c(-c2ccccc2)o1. The fraction of sp³-hybridized carbons (Fsp3) is 0.136. The summed E-state index contributed by atoms with van der Waals surface area (Å²) in [5.41, 5.74) is 3.61. The molecule has 2 aromatic carbocycles. The number of halogens is 1. The highest BCUT2D eigenvalue weighted by Crippen LogP contribution is 2.27. The van der Waals surface area contributed by atoms with Crippen LogP contribution in [0.25, 0.3) is 22.2 Å². The topological polar surface area (TPSA) is 58.0 Å². The molecule has 0 spiro atoms. The molecule has 0 radical (unpaired) electrons. The van der Waals surface area contributed by atoms with Gasteiger partial charge < -0.3 is 14.7 Å². The van der Waals surface area contributed by atoms with Gasteiger partial charge in [-0.2, -0.15) is 0 Å². The molecule has 27 heavy (non-hydrogen) atoms. The molecule has 136 valence electrons. The summed E-state index contributed by atoms with van der Waals surface area (Å²) < 4.78 is 5.76. The van der Waals surface area contributed by atoms with E-state index in [4.69, 9.17) is 16.0 Å². The van der Waals surface area contributed by atoms with Crippen molar-refractivity contribution in [1.29, 1.82) is 0 Å². The largest absolute Gasteiger partial charge is 0.461 e. The van der Waals surface area contributed by atoms with Gasteiger partial charge in [0.05, 0.1) is 5.56 Å². The molecule has 0 unspecified atom stereocenters. The van der Waals surface area contributed by atoms with Gasteiger partial charge in [-0.05, 0) is 43.2 Å². The molecular weight excluding hydrogens is 360 g/mol. The summed E-state index contributed by atoms with van der Waals surface area (Å²) in [5, 5.41) is 4.78. The summed E-state index contributed by atoms with van der Waals surface area (Å²) in [7, 11) is 0. The van der Waals surface area contributed by atoms with E-state index in [0.29, 0.717) is 35.1 Å². The second-order valence-corrected chi connectivity index (χ2v) is 6.91. The molecule has 4 nitrogen and oxygen atoms in total. The third-order valence-corrected chi connectivity index (χ3v) is 4.78. The van der Waals surface area contributed by atoms with Gasteiger partial charge in [0.2, 0.25) is 0 Å². The standard InChI is InChI=1S/C22H19ClN2O2/c1-14-11-19(21(27-14)15-5-3-2-4-6-15)22(26)24-10-9-16-13-25-20-8-7-17(23)12-18(16)20/h2-8,11-13,25H,9-10H2,1H3,(H,24,26). The number of hydrogen-bond donors (Lipinski definition) is 2. The fourth-order valence-corrected chi connectivity index (χ4v) is 3.42. The number of carbonyl (C=O) groups excluding carboxylic acids is 1. The molecule has 2 heterocycles. The molecular formula is C22H19ClN2O2. The van der Waals surface area contributed by atoms with E-state index >= 15 is 0 Å². The van der Waals surface area contributed by atoms with E-state index in [9.17, 15) is 4.79 Å². The number of aromatic amines is 1. The van der Waals surface area contributed by atoms with Crippen molar-refractivity contribution in [2.24, 2.45) is 0 Å². The number of furan rings is 1. The minimum absolute atomic E-state index is 0.136. The van der Waals surface area contributed by atoms with E-state index in [-0.39, 0.29) is 5.91 Å². The van der Waals surface area contributed by atoms with Crippen molar-refractivity contribution in [3.8, 4) is 11.3 Å². The van der Waals surface area contributed by atoms with Crippen LogP contribution in [0.5, 0.6) is 0 Å². The Labute approximate surface area is 162 Å². The van der Waals surface area contributed by atoms with Crippen LogP contribution >= 0.6 is 11.6 Å². The maximum Gasteiger partial charge on any atom is 0.255 e. The number of fused-ring (bicyclic) bond motifs is 1. The maximum absolute atomic E-state index is 12.7. The van der Waals surface area contributed by atoms with Gasteiger partial charge in [0.15, 0.2) is 0 Å². The summed E-state index contributed by atoms with van der Waals surface area (Å²) in [6.45, 7) is 2.37. The van der Waals surface area contributed by atoms with Crippen molar-refractivity contribution in [3.63, 3.8) is 0 Å². The van der Waals surface area contributed by atoms with Crippen LogP contribution in [0.1, 0.15) is 21.7 Å². The Morgan fingerprint density at radius 1 is 1.15 bits per heavy atom. The summed E-state index contributed by atoms with van der Waals surface area (Å²) in [5.74, 6) is 1.18. The van der Waals surface area contributed by atoms with E-state index in [1.165, 1.54) is 0 Å². The van der Waals surface area contributed by atoms with Crippen molar-refractivity contribution in [2.75, 3.05) is 6.54 Å². The molecule has 0 aliphatic rings. The second-order valence-electron chi connectivity index (χ2n) is 6.48. The number of H-pyrrole nitrogens is 1. The number of amides is 1.